The van der Waals surface area contributed by atoms with E-state index in [9.17, 15) is 17.9 Å². The maximum absolute atomic E-state index is 13.2. The second-order valence-corrected chi connectivity index (χ2v) is 10.6. The van der Waals surface area contributed by atoms with Gasteiger partial charge in [-0.05, 0) is 61.2 Å². The number of rotatable bonds is 6. The molecule has 4 rings (SSSR count). The zero-order chi connectivity index (χ0) is 22.1. The van der Waals surface area contributed by atoms with Gasteiger partial charge in [-0.25, -0.2) is 12.8 Å². The van der Waals surface area contributed by atoms with Crippen molar-refractivity contribution in [3.8, 4) is 0 Å². The highest BCUT2D eigenvalue weighted by Crippen LogP contribution is 2.33. The Balaban J connectivity index is 1.32. The average Bonchev–Trinajstić information content (AvgIpc) is 3.18. The Morgan fingerprint density at radius 2 is 1.74 bits per heavy atom. The minimum atomic E-state index is -3.19. The molecule has 0 amide bonds. The van der Waals surface area contributed by atoms with Crippen LogP contribution in [0.2, 0.25) is 0 Å². The molecule has 0 saturated carbocycles. The van der Waals surface area contributed by atoms with Gasteiger partial charge < -0.3 is 5.11 Å². The number of benzene rings is 2. The highest BCUT2D eigenvalue weighted by molar-refractivity contribution is 7.90. The standard InChI is InChI=1S/C23H28FN3O3S/c1-31(29,30)22-8-2-18(3-9-22)17-26-14-11-23(28,12-15-26)16-21-10-13-25-27(21)20-6-4-19(24)5-7-20/h2-9,13,21,28H,10-12,14-17H2,1H3. The average molecular weight is 446 g/mol. The van der Waals surface area contributed by atoms with Crippen molar-refractivity contribution in [1.82, 2.24) is 4.90 Å². The lowest BCUT2D eigenvalue weighted by Crippen LogP contribution is -2.47. The molecule has 166 valence electrons. The summed E-state index contributed by atoms with van der Waals surface area (Å²) in [6.07, 6.45) is 5.77. The third-order valence-electron chi connectivity index (χ3n) is 6.18. The van der Waals surface area contributed by atoms with Gasteiger partial charge in [0.2, 0.25) is 0 Å². The number of nitrogens with zero attached hydrogens (tertiary/aromatic N) is 3. The Morgan fingerprint density at radius 3 is 2.35 bits per heavy atom. The highest BCUT2D eigenvalue weighted by Gasteiger charge is 2.37. The molecule has 2 aromatic carbocycles. The van der Waals surface area contributed by atoms with Gasteiger partial charge >= 0.3 is 0 Å². The predicted octanol–water partition coefficient (Wildman–Crippen LogP) is 3.21. The zero-order valence-electron chi connectivity index (χ0n) is 17.6. The van der Waals surface area contributed by atoms with Gasteiger partial charge in [-0.1, -0.05) is 12.1 Å². The molecule has 1 N–H and O–H groups in total. The summed E-state index contributed by atoms with van der Waals surface area (Å²) < 4.78 is 36.5. The lowest BCUT2D eigenvalue weighted by molar-refractivity contribution is -0.0333. The van der Waals surface area contributed by atoms with Gasteiger partial charge in [-0.3, -0.25) is 9.91 Å². The van der Waals surface area contributed by atoms with E-state index in [0.717, 1.165) is 37.3 Å². The molecule has 1 unspecified atom stereocenters. The van der Waals surface area contributed by atoms with Crippen LogP contribution < -0.4 is 5.01 Å². The minimum absolute atomic E-state index is 0.0607. The summed E-state index contributed by atoms with van der Waals surface area (Å²) >= 11 is 0. The van der Waals surface area contributed by atoms with Gasteiger partial charge in [0.15, 0.2) is 9.84 Å². The fraction of sp³-hybridized carbons (Fsp3) is 0.435. The smallest absolute Gasteiger partial charge is 0.175 e. The Labute approximate surface area is 182 Å². The molecule has 2 aliphatic heterocycles. The topological polar surface area (TPSA) is 73.2 Å². The number of piperidine rings is 1. The van der Waals surface area contributed by atoms with Gasteiger partial charge in [0.05, 0.1) is 22.2 Å². The van der Waals surface area contributed by atoms with Crippen LogP contribution in [0.3, 0.4) is 0 Å². The molecule has 0 spiro atoms. The highest BCUT2D eigenvalue weighted by atomic mass is 32.2. The molecule has 2 aromatic rings. The van der Waals surface area contributed by atoms with E-state index < -0.39 is 15.4 Å². The molecule has 2 aliphatic rings. The number of anilines is 1. The number of hydrazone groups is 1. The Kier molecular flexibility index (Phi) is 6.14. The van der Waals surface area contributed by atoms with Crippen molar-refractivity contribution in [2.24, 2.45) is 5.10 Å². The lowest BCUT2D eigenvalue weighted by atomic mass is 9.84. The molecule has 6 nitrogen and oxygen atoms in total. The molecule has 2 heterocycles. The predicted molar refractivity (Wildman–Crippen MR) is 119 cm³/mol. The van der Waals surface area contributed by atoms with E-state index in [1.165, 1.54) is 18.4 Å². The third-order valence-corrected chi connectivity index (χ3v) is 7.31. The van der Waals surface area contributed by atoms with Gasteiger partial charge in [0.25, 0.3) is 0 Å². The number of hydrogen-bond donors (Lipinski definition) is 1. The quantitative estimate of drug-likeness (QED) is 0.739. The fourth-order valence-corrected chi connectivity index (χ4v) is 4.99. The first-order chi connectivity index (χ1) is 14.7. The number of hydrogen-bond acceptors (Lipinski definition) is 6. The first-order valence-electron chi connectivity index (χ1n) is 10.5. The van der Waals surface area contributed by atoms with Gasteiger partial charge in [0.1, 0.15) is 5.82 Å². The monoisotopic (exact) mass is 445 g/mol. The SMILES string of the molecule is CS(=O)(=O)c1ccc(CN2CCC(O)(CC3CC=NN3c3ccc(F)cc3)CC2)cc1. The molecule has 0 bridgehead atoms. The summed E-state index contributed by atoms with van der Waals surface area (Å²) in [6, 6.07) is 13.3. The summed E-state index contributed by atoms with van der Waals surface area (Å²) in [5.74, 6) is -0.277. The maximum atomic E-state index is 13.2. The molecule has 8 heteroatoms. The molecule has 0 radical (unpaired) electrons. The zero-order valence-corrected chi connectivity index (χ0v) is 18.4. The van der Waals surface area contributed by atoms with Crippen LogP contribution in [0.1, 0.15) is 31.2 Å². The van der Waals surface area contributed by atoms with Crippen LogP contribution in [0.15, 0.2) is 58.5 Å². The van der Waals surface area contributed by atoms with Gasteiger partial charge in [-0.2, -0.15) is 5.10 Å². The Hall–Kier alpha value is -2.29. The molecule has 0 aromatic heterocycles. The molecular formula is C23H28FN3O3S. The second kappa shape index (κ2) is 8.68. The van der Waals surface area contributed by atoms with Crippen LogP contribution in [0.5, 0.6) is 0 Å². The largest absolute Gasteiger partial charge is 0.390 e. The van der Waals surface area contributed by atoms with Crippen molar-refractivity contribution < 1.29 is 17.9 Å². The van der Waals surface area contributed by atoms with Crippen molar-refractivity contribution >= 4 is 21.7 Å². The van der Waals surface area contributed by atoms with Gasteiger partial charge in [-0.15, -0.1) is 0 Å². The summed E-state index contributed by atoms with van der Waals surface area (Å²) in [4.78, 5) is 2.61. The summed E-state index contributed by atoms with van der Waals surface area (Å²) in [5, 5.41) is 17.5. The summed E-state index contributed by atoms with van der Waals surface area (Å²) in [6.45, 7) is 2.28. The van der Waals surface area contributed by atoms with E-state index in [4.69, 9.17) is 0 Å². The van der Waals surface area contributed by atoms with Crippen molar-refractivity contribution in [3.63, 3.8) is 0 Å². The van der Waals surface area contributed by atoms with Crippen molar-refractivity contribution in [2.75, 3.05) is 24.4 Å². The normalized spacial score (nSPS) is 21.5. The Morgan fingerprint density at radius 1 is 1.10 bits per heavy atom. The third kappa shape index (κ3) is 5.31. The Bertz CT molecular complexity index is 1030. The molecule has 0 aliphatic carbocycles. The maximum Gasteiger partial charge on any atom is 0.175 e. The molecular weight excluding hydrogens is 417 g/mol. The van der Waals surface area contributed by atoms with E-state index in [2.05, 4.69) is 10.0 Å². The van der Waals surface area contributed by atoms with Crippen molar-refractivity contribution in [3.05, 3.63) is 59.9 Å². The fourth-order valence-electron chi connectivity index (χ4n) is 4.36. The van der Waals surface area contributed by atoms with Crippen molar-refractivity contribution in [2.45, 2.75) is 48.8 Å². The number of likely N-dealkylation sites (tertiary alicyclic amines) is 1. The van der Waals surface area contributed by atoms with Crippen LogP contribution in [0, 0.1) is 5.82 Å². The summed E-state index contributed by atoms with van der Waals surface area (Å²) in [5.41, 5.74) is 1.14. The van der Waals surface area contributed by atoms with E-state index in [1.54, 1.807) is 24.3 Å². The van der Waals surface area contributed by atoms with E-state index >= 15 is 0 Å². The minimum Gasteiger partial charge on any atom is -0.390 e. The first-order valence-corrected chi connectivity index (χ1v) is 12.4. The van der Waals surface area contributed by atoms with E-state index in [1.807, 2.05) is 23.4 Å². The van der Waals surface area contributed by atoms with Gasteiger partial charge in [0, 0.05) is 38.5 Å². The molecule has 1 fully saturated rings. The van der Waals surface area contributed by atoms with E-state index in [-0.39, 0.29) is 11.9 Å². The molecule has 31 heavy (non-hydrogen) atoms. The van der Waals surface area contributed by atoms with Crippen LogP contribution in [-0.2, 0) is 16.4 Å². The number of aliphatic hydroxyl groups is 1. The second-order valence-electron chi connectivity index (χ2n) is 8.63. The molecule has 1 atom stereocenters. The number of halogens is 1. The first kappa shape index (κ1) is 21.9. The number of sulfone groups is 1. The lowest BCUT2D eigenvalue weighted by Gasteiger charge is -2.40. The van der Waals surface area contributed by atoms with Crippen LogP contribution in [0.4, 0.5) is 10.1 Å². The summed E-state index contributed by atoms with van der Waals surface area (Å²) in [7, 11) is -3.19. The van der Waals surface area contributed by atoms with E-state index in [0.29, 0.717) is 24.2 Å². The van der Waals surface area contributed by atoms with Crippen LogP contribution in [0.25, 0.3) is 0 Å². The van der Waals surface area contributed by atoms with Crippen LogP contribution in [-0.4, -0.2) is 55.6 Å². The van der Waals surface area contributed by atoms with Crippen LogP contribution >= 0.6 is 0 Å². The molecule has 1 saturated heterocycles. The van der Waals surface area contributed by atoms with Crippen molar-refractivity contribution in [1.29, 1.82) is 0 Å².